The van der Waals surface area contributed by atoms with E-state index in [2.05, 4.69) is 22.9 Å². The highest BCUT2D eigenvalue weighted by Crippen LogP contribution is 2.31. The van der Waals surface area contributed by atoms with Crippen molar-refractivity contribution in [2.75, 3.05) is 13.2 Å². The van der Waals surface area contributed by atoms with E-state index in [0.717, 1.165) is 19.6 Å². The monoisotopic (exact) mass is 262 g/mol. The average Bonchev–Trinajstić information content (AvgIpc) is 2.56. The highest BCUT2D eigenvalue weighted by atomic mass is 79.9. The number of halogens is 1. The summed E-state index contributed by atoms with van der Waals surface area (Å²) in [7, 11) is 0. The quantitative estimate of drug-likeness (QED) is 0.713. The molecule has 0 aromatic rings. The molecule has 2 aliphatic rings. The molecule has 0 N–H and O–H groups in total. The highest BCUT2D eigenvalue weighted by Gasteiger charge is 2.30. The van der Waals surface area contributed by atoms with Gasteiger partial charge in [-0.3, -0.25) is 0 Å². The van der Waals surface area contributed by atoms with E-state index in [-0.39, 0.29) is 0 Å². The van der Waals surface area contributed by atoms with Crippen LogP contribution in [0.2, 0.25) is 0 Å². The average molecular weight is 263 g/mol. The summed E-state index contributed by atoms with van der Waals surface area (Å²) in [5.41, 5.74) is 0. The predicted octanol–water partition coefficient (Wildman–Crippen LogP) is 2.74. The van der Waals surface area contributed by atoms with Gasteiger partial charge in [-0.25, -0.2) is 0 Å². The zero-order valence-electron chi connectivity index (χ0n) is 8.75. The lowest BCUT2D eigenvalue weighted by Crippen LogP contribution is -2.30. The van der Waals surface area contributed by atoms with E-state index in [4.69, 9.17) is 9.47 Å². The first-order chi connectivity index (χ1) is 6.75. The Morgan fingerprint density at radius 3 is 2.79 bits per heavy atom. The van der Waals surface area contributed by atoms with E-state index in [1.165, 1.54) is 19.3 Å². The molecule has 0 aromatic heterocycles. The molecule has 0 bridgehead atoms. The van der Waals surface area contributed by atoms with E-state index in [1.54, 1.807) is 0 Å². The van der Waals surface area contributed by atoms with Gasteiger partial charge in [0.1, 0.15) is 0 Å². The Balaban J connectivity index is 1.78. The van der Waals surface area contributed by atoms with Gasteiger partial charge in [-0.15, -0.1) is 0 Å². The molecule has 0 aliphatic carbocycles. The smallest absolute Gasteiger partial charge is 0.0583 e. The van der Waals surface area contributed by atoms with Crippen LogP contribution in [0.1, 0.15) is 32.6 Å². The zero-order chi connectivity index (χ0) is 9.97. The summed E-state index contributed by atoms with van der Waals surface area (Å²) in [6.07, 6.45) is 5.73. The normalized spacial score (nSPS) is 44.1. The summed E-state index contributed by atoms with van der Waals surface area (Å²) >= 11 is 3.74. The molecule has 0 radical (unpaired) electrons. The van der Waals surface area contributed by atoms with E-state index < -0.39 is 0 Å². The van der Waals surface area contributed by atoms with Crippen molar-refractivity contribution in [3.63, 3.8) is 0 Å². The van der Waals surface area contributed by atoms with Crippen LogP contribution in [0.5, 0.6) is 0 Å². The molecule has 2 aliphatic heterocycles. The summed E-state index contributed by atoms with van der Waals surface area (Å²) in [5, 5.41) is 0. The molecule has 2 heterocycles. The Morgan fingerprint density at radius 2 is 2.14 bits per heavy atom. The van der Waals surface area contributed by atoms with Crippen molar-refractivity contribution in [2.45, 2.75) is 49.6 Å². The molecule has 14 heavy (non-hydrogen) atoms. The zero-order valence-corrected chi connectivity index (χ0v) is 10.3. The summed E-state index contributed by atoms with van der Waals surface area (Å²) in [6, 6.07) is 0. The van der Waals surface area contributed by atoms with E-state index in [9.17, 15) is 0 Å². The van der Waals surface area contributed by atoms with Gasteiger partial charge in [0, 0.05) is 11.4 Å². The summed E-state index contributed by atoms with van der Waals surface area (Å²) < 4.78 is 11.3. The molecule has 3 heteroatoms. The Morgan fingerprint density at radius 1 is 1.29 bits per heavy atom. The lowest BCUT2D eigenvalue weighted by atomic mass is 9.94. The molecule has 82 valence electrons. The highest BCUT2D eigenvalue weighted by molar-refractivity contribution is 9.09. The first-order valence-electron chi connectivity index (χ1n) is 5.63. The molecule has 0 saturated carbocycles. The van der Waals surface area contributed by atoms with Crippen LogP contribution in [0.3, 0.4) is 0 Å². The fourth-order valence-electron chi connectivity index (χ4n) is 2.38. The van der Waals surface area contributed by atoms with Crippen LogP contribution in [0, 0.1) is 5.92 Å². The number of hydrogen-bond acceptors (Lipinski definition) is 2. The van der Waals surface area contributed by atoms with Gasteiger partial charge in [0.2, 0.25) is 0 Å². The minimum Gasteiger partial charge on any atom is -0.381 e. The van der Waals surface area contributed by atoms with Gasteiger partial charge >= 0.3 is 0 Å². The standard InChI is InChI=1S/C11H19BrO2/c1-8-2-3-10(14-8)6-9-7-13-5-4-11(9)12/h8-11H,2-7H2,1H3. The maximum Gasteiger partial charge on any atom is 0.0583 e. The molecule has 2 rings (SSSR count). The topological polar surface area (TPSA) is 18.5 Å². The maximum absolute atomic E-state index is 5.84. The molecule has 2 saturated heterocycles. The number of rotatable bonds is 2. The van der Waals surface area contributed by atoms with Crippen LogP contribution >= 0.6 is 15.9 Å². The Bertz CT molecular complexity index is 186. The van der Waals surface area contributed by atoms with Gasteiger partial charge < -0.3 is 9.47 Å². The van der Waals surface area contributed by atoms with Gasteiger partial charge in [0.05, 0.1) is 18.8 Å². The van der Waals surface area contributed by atoms with Crippen molar-refractivity contribution in [1.82, 2.24) is 0 Å². The molecular weight excluding hydrogens is 244 g/mol. The third-order valence-electron chi connectivity index (χ3n) is 3.27. The third kappa shape index (κ3) is 2.71. The van der Waals surface area contributed by atoms with Gasteiger partial charge in [-0.1, -0.05) is 15.9 Å². The Labute approximate surface area is 94.5 Å². The Hall–Kier alpha value is 0.400. The van der Waals surface area contributed by atoms with Crippen LogP contribution in [-0.2, 0) is 9.47 Å². The summed E-state index contributed by atoms with van der Waals surface area (Å²) in [5.74, 6) is 0.652. The third-order valence-corrected chi connectivity index (χ3v) is 4.47. The van der Waals surface area contributed by atoms with Gasteiger partial charge in [-0.2, -0.15) is 0 Å². The van der Waals surface area contributed by atoms with Crippen molar-refractivity contribution in [2.24, 2.45) is 5.92 Å². The molecule has 2 fully saturated rings. The first-order valence-corrected chi connectivity index (χ1v) is 6.54. The molecule has 0 amide bonds. The molecule has 0 spiro atoms. The van der Waals surface area contributed by atoms with Crippen molar-refractivity contribution < 1.29 is 9.47 Å². The number of alkyl halides is 1. The minimum absolute atomic E-state index is 0.471. The van der Waals surface area contributed by atoms with E-state index in [1.807, 2.05) is 0 Å². The largest absolute Gasteiger partial charge is 0.381 e. The van der Waals surface area contributed by atoms with Crippen molar-refractivity contribution >= 4 is 15.9 Å². The van der Waals surface area contributed by atoms with Crippen LogP contribution in [0.4, 0.5) is 0 Å². The molecule has 4 atom stereocenters. The Kier molecular flexibility index (Phi) is 3.86. The van der Waals surface area contributed by atoms with Gasteiger partial charge in [0.25, 0.3) is 0 Å². The lowest BCUT2D eigenvalue weighted by molar-refractivity contribution is 0.00685. The molecule has 2 nitrogen and oxygen atoms in total. The second-order valence-corrected chi connectivity index (χ2v) is 5.70. The second kappa shape index (κ2) is 4.95. The first kappa shape index (κ1) is 10.9. The van der Waals surface area contributed by atoms with E-state index in [0.29, 0.717) is 23.0 Å². The van der Waals surface area contributed by atoms with Gasteiger partial charge in [-0.05, 0) is 38.5 Å². The molecule has 4 unspecified atom stereocenters. The second-order valence-electron chi connectivity index (χ2n) is 4.52. The lowest BCUT2D eigenvalue weighted by Gasteiger charge is -2.29. The van der Waals surface area contributed by atoms with Crippen molar-refractivity contribution in [1.29, 1.82) is 0 Å². The van der Waals surface area contributed by atoms with Crippen LogP contribution in [-0.4, -0.2) is 30.2 Å². The summed E-state index contributed by atoms with van der Waals surface area (Å²) in [6.45, 7) is 3.99. The SMILES string of the molecule is CC1CCC(CC2COCCC2Br)O1. The molecule has 0 aromatic carbocycles. The fraction of sp³-hybridized carbons (Fsp3) is 1.00. The van der Waals surface area contributed by atoms with Crippen molar-refractivity contribution in [3.05, 3.63) is 0 Å². The predicted molar refractivity (Wildman–Crippen MR) is 59.8 cm³/mol. The number of hydrogen-bond donors (Lipinski definition) is 0. The van der Waals surface area contributed by atoms with Crippen molar-refractivity contribution in [3.8, 4) is 0 Å². The maximum atomic E-state index is 5.84. The fourth-order valence-corrected chi connectivity index (χ4v) is 2.94. The summed E-state index contributed by atoms with van der Waals surface area (Å²) in [4.78, 5) is 0.635. The van der Waals surface area contributed by atoms with Gasteiger partial charge in [0.15, 0.2) is 0 Å². The van der Waals surface area contributed by atoms with E-state index >= 15 is 0 Å². The molecular formula is C11H19BrO2. The van der Waals surface area contributed by atoms with Crippen LogP contribution in [0.25, 0.3) is 0 Å². The number of ether oxygens (including phenoxy) is 2. The minimum atomic E-state index is 0.471. The van der Waals surface area contributed by atoms with Crippen LogP contribution in [0.15, 0.2) is 0 Å². The van der Waals surface area contributed by atoms with Crippen LogP contribution < -0.4 is 0 Å².